The van der Waals surface area contributed by atoms with Gasteiger partial charge in [-0.2, -0.15) is 13.2 Å². The van der Waals surface area contributed by atoms with Gasteiger partial charge >= 0.3 is 6.18 Å². The van der Waals surface area contributed by atoms with Crippen LogP contribution in [0.3, 0.4) is 0 Å². The van der Waals surface area contributed by atoms with Crippen molar-refractivity contribution in [2.45, 2.75) is 63.4 Å². The summed E-state index contributed by atoms with van der Waals surface area (Å²) in [4.78, 5) is 2.21. The molecule has 0 bridgehead atoms. The number of hydrogen-bond acceptors (Lipinski definition) is 9. The number of methoxy groups -OCH3 is 2. The van der Waals surface area contributed by atoms with E-state index in [2.05, 4.69) is 39.0 Å². The zero-order valence-corrected chi connectivity index (χ0v) is 30.5. The van der Waals surface area contributed by atoms with E-state index < -0.39 is 22.6 Å². The lowest BCUT2D eigenvalue weighted by Gasteiger charge is -2.21. The highest BCUT2D eigenvalue weighted by Crippen LogP contribution is 2.31. The molecule has 14 heteroatoms. The van der Waals surface area contributed by atoms with Crippen LogP contribution in [0.4, 0.5) is 24.5 Å². The Morgan fingerprint density at radius 2 is 1.65 bits per heavy atom. The molecule has 1 atom stereocenters. The molecule has 0 amide bonds. The molecular weight excluding hydrogens is 649 g/mol. The average Bonchev–Trinajstić information content (AvgIpc) is 3.34. The monoisotopic (exact) mass is 702 g/mol. The Bertz CT molecular complexity index is 1530. The fourth-order valence-electron chi connectivity index (χ4n) is 4.20. The van der Waals surface area contributed by atoms with Gasteiger partial charge in [0, 0.05) is 56.9 Å². The van der Waals surface area contributed by atoms with Gasteiger partial charge in [0.15, 0.2) is 9.84 Å². The van der Waals surface area contributed by atoms with Crippen LogP contribution in [-0.2, 0) is 21.1 Å². The fourth-order valence-corrected chi connectivity index (χ4v) is 4.83. The number of nitrogens with zero attached hydrogens (tertiary/aromatic N) is 2. The Morgan fingerprint density at radius 1 is 1.04 bits per heavy atom. The Balaban J connectivity index is 0.00000220. The molecule has 10 nitrogen and oxygen atoms in total. The van der Waals surface area contributed by atoms with Crippen LogP contribution in [0.15, 0.2) is 47.4 Å². The van der Waals surface area contributed by atoms with Crippen LogP contribution >= 0.6 is 0 Å². The SMILES string of the molecule is CC(C)O.CCC(CCN(C)C)Nc1cccc2c1cc(C#CCNc1ccc(S(C)(=O)=O)cc1OC)n2CC(F)(F)F.CO.COC. The van der Waals surface area contributed by atoms with Crippen LogP contribution < -0.4 is 15.4 Å². The number of fused-ring (bicyclic) bond motifs is 1. The molecule has 2 aromatic carbocycles. The van der Waals surface area contributed by atoms with E-state index in [-0.39, 0.29) is 29.3 Å². The van der Waals surface area contributed by atoms with E-state index in [0.717, 1.165) is 38.4 Å². The van der Waals surface area contributed by atoms with Crippen LogP contribution in [0.1, 0.15) is 39.3 Å². The quantitative estimate of drug-likeness (QED) is 0.192. The summed E-state index contributed by atoms with van der Waals surface area (Å²) < 4.78 is 74.9. The molecule has 0 aliphatic heterocycles. The number of aliphatic hydroxyl groups is 2. The van der Waals surface area contributed by atoms with Crippen molar-refractivity contribution in [3.63, 3.8) is 0 Å². The molecule has 0 saturated carbocycles. The highest BCUT2D eigenvalue weighted by atomic mass is 32.2. The topological polar surface area (TPSA) is 125 Å². The van der Waals surface area contributed by atoms with E-state index in [9.17, 15) is 21.6 Å². The lowest BCUT2D eigenvalue weighted by Crippen LogP contribution is -2.25. The summed E-state index contributed by atoms with van der Waals surface area (Å²) in [6.07, 6.45) is -1.71. The Labute approximate surface area is 284 Å². The van der Waals surface area contributed by atoms with Crippen molar-refractivity contribution in [1.82, 2.24) is 9.47 Å². The maximum absolute atomic E-state index is 13.5. The van der Waals surface area contributed by atoms with Gasteiger partial charge in [-0.05, 0) is 83.6 Å². The van der Waals surface area contributed by atoms with Crippen LogP contribution in [0.5, 0.6) is 5.75 Å². The van der Waals surface area contributed by atoms with E-state index in [4.69, 9.17) is 14.9 Å². The smallest absolute Gasteiger partial charge is 0.406 e. The average molecular weight is 703 g/mol. The first kappa shape index (κ1) is 44.5. The van der Waals surface area contributed by atoms with Crippen molar-refractivity contribution in [3.05, 3.63) is 48.2 Å². The van der Waals surface area contributed by atoms with Gasteiger partial charge in [0.25, 0.3) is 0 Å². The molecule has 1 unspecified atom stereocenters. The van der Waals surface area contributed by atoms with Gasteiger partial charge in [-0.3, -0.25) is 0 Å². The van der Waals surface area contributed by atoms with Crippen LogP contribution in [0, 0.1) is 11.8 Å². The third-order valence-corrected chi connectivity index (χ3v) is 7.36. The Kier molecular flexibility index (Phi) is 20.6. The highest BCUT2D eigenvalue weighted by Gasteiger charge is 2.30. The minimum absolute atomic E-state index is 0.107. The summed E-state index contributed by atoms with van der Waals surface area (Å²) in [6, 6.07) is 11.6. The van der Waals surface area contributed by atoms with Crippen molar-refractivity contribution in [3.8, 4) is 17.6 Å². The first-order valence-corrected chi connectivity index (χ1v) is 17.1. The zero-order valence-electron chi connectivity index (χ0n) is 29.7. The maximum atomic E-state index is 13.5. The number of aromatic nitrogens is 1. The largest absolute Gasteiger partial charge is 0.495 e. The first-order chi connectivity index (χ1) is 22.5. The highest BCUT2D eigenvalue weighted by molar-refractivity contribution is 7.90. The minimum atomic E-state index is -4.42. The van der Waals surface area contributed by atoms with Crippen molar-refractivity contribution in [2.75, 3.05) is 72.5 Å². The third kappa shape index (κ3) is 16.6. The van der Waals surface area contributed by atoms with Gasteiger partial charge in [-0.1, -0.05) is 18.9 Å². The van der Waals surface area contributed by atoms with Gasteiger partial charge in [0.2, 0.25) is 0 Å². The summed E-state index contributed by atoms with van der Waals surface area (Å²) >= 11 is 0. The third-order valence-electron chi connectivity index (χ3n) is 6.25. The predicted octanol–water partition coefficient (Wildman–Crippen LogP) is 5.48. The second-order valence-electron chi connectivity index (χ2n) is 11.1. The Morgan fingerprint density at radius 3 is 2.15 bits per heavy atom. The summed E-state index contributed by atoms with van der Waals surface area (Å²) in [5, 5.41) is 22.3. The number of halogens is 3. The summed E-state index contributed by atoms with van der Waals surface area (Å²) in [5.41, 5.74) is 2.00. The molecule has 48 heavy (non-hydrogen) atoms. The minimum Gasteiger partial charge on any atom is -0.495 e. The van der Waals surface area contributed by atoms with E-state index in [1.165, 1.54) is 23.8 Å². The maximum Gasteiger partial charge on any atom is 0.406 e. The summed E-state index contributed by atoms with van der Waals surface area (Å²) in [7, 11) is 6.28. The van der Waals surface area contributed by atoms with Crippen molar-refractivity contribution in [1.29, 1.82) is 0 Å². The van der Waals surface area contributed by atoms with Crippen molar-refractivity contribution in [2.24, 2.45) is 0 Å². The molecule has 0 spiro atoms. The van der Waals surface area contributed by atoms with E-state index in [1.54, 1.807) is 52.3 Å². The Hall–Kier alpha value is -3.48. The normalized spacial score (nSPS) is 11.6. The number of benzene rings is 2. The van der Waals surface area contributed by atoms with Gasteiger partial charge in [-0.15, -0.1) is 0 Å². The number of ether oxygens (including phenoxy) is 2. The summed E-state index contributed by atoms with van der Waals surface area (Å²) in [6.45, 7) is 5.36. The molecule has 3 aromatic rings. The van der Waals surface area contributed by atoms with Gasteiger partial charge < -0.3 is 39.8 Å². The molecular formula is C34H53F3N4O6S. The number of anilines is 2. The number of sulfone groups is 1. The second-order valence-corrected chi connectivity index (χ2v) is 13.1. The number of alkyl halides is 3. The standard InChI is InChI=1S/C28H35F3N4O3S.C3H8O.C2H6O.CH4O/c1-6-20(14-16-34(2)3)33-24-10-7-11-26-23(24)17-21(35(26)19-28(29,30)31)9-8-15-32-25-13-12-22(39(5,36)37)18-27(25)38-4;1-3(2)4;1-3-2;1-2/h7,10-13,17-18,20,32-33H,6,14-16,19H2,1-5H3;3-4H,1-2H3;1-2H3;2H,1H3. The molecule has 3 rings (SSSR count). The van der Waals surface area contributed by atoms with Gasteiger partial charge in [0.05, 0.1) is 35.4 Å². The summed E-state index contributed by atoms with van der Waals surface area (Å²) in [5.74, 6) is 6.09. The van der Waals surface area contributed by atoms with Gasteiger partial charge in [0.1, 0.15) is 12.3 Å². The van der Waals surface area contributed by atoms with E-state index >= 15 is 0 Å². The number of nitrogens with one attached hydrogen (secondary N) is 2. The lowest BCUT2D eigenvalue weighted by atomic mass is 10.1. The van der Waals surface area contributed by atoms with Crippen LogP contribution in [0.25, 0.3) is 10.9 Å². The number of aliphatic hydroxyl groups excluding tert-OH is 2. The first-order valence-electron chi connectivity index (χ1n) is 15.2. The van der Waals surface area contributed by atoms with E-state index in [0.29, 0.717) is 22.3 Å². The molecule has 0 aliphatic carbocycles. The number of hydrogen-bond donors (Lipinski definition) is 4. The molecule has 0 saturated heterocycles. The molecule has 0 fully saturated rings. The number of rotatable bonds is 11. The van der Waals surface area contributed by atoms with Crippen LogP contribution in [0.2, 0.25) is 0 Å². The van der Waals surface area contributed by atoms with Crippen molar-refractivity contribution >= 4 is 32.1 Å². The molecule has 0 aliphatic rings. The zero-order chi connectivity index (χ0) is 37.1. The molecule has 272 valence electrons. The molecule has 1 heterocycles. The van der Waals surface area contributed by atoms with Gasteiger partial charge in [-0.25, -0.2) is 8.42 Å². The fraction of sp³-hybridized carbons (Fsp3) is 0.529. The van der Waals surface area contributed by atoms with E-state index in [1.807, 2.05) is 20.2 Å². The second kappa shape index (κ2) is 22.2. The van der Waals surface area contributed by atoms with Crippen molar-refractivity contribution < 1.29 is 41.3 Å². The lowest BCUT2D eigenvalue weighted by molar-refractivity contribution is -0.140. The van der Waals surface area contributed by atoms with Crippen LogP contribution in [-0.4, -0.2) is 108 Å². The predicted molar refractivity (Wildman–Crippen MR) is 189 cm³/mol. The molecule has 4 N–H and O–H groups in total. The molecule has 1 aromatic heterocycles. The molecule has 0 radical (unpaired) electrons.